The summed E-state index contributed by atoms with van der Waals surface area (Å²) >= 11 is 9.79. The molecule has 1 saturated carbocycles. The molecule has 17 heavy (non-hydrogen) atoms. The SMILES string of the molecule is CCNC1CC(c2ccc(Br)cc2Cl)C1(C)C. The number of benzene rings is 1. The van der Waals surface area contributed by atoms with Gasteiger partial charge >= 0.3 is 0 Å². The topological polar surface area (TPSA) is 12.0 Å². The predicted molar refractivity (Wildman–Crippen MR) is 77.8 cm³/mol. The van der Waals surface area contributed by atoms with Gasteiger partial charge in [0.25, 0.3) is 0 Å². The summed E-state index contributed by atoms with van der Waals surface area (Å²) in [5, 5.41) is 4.43. The summed E-state index contributed by atoms with van der Waals surface area (Å²) in [6.45, 7) is 7.85. The van der Waals surface area contributed by atoms with Crippen LogP contribution in [0.4, 0.5) is 0 Å². The highest BCUT2D eigenvalue weighted by Gasteiger charge is 2.48. The van der Waals surface area contributed by atoms with E-state index >= 15 is 0 Å². The van der Waals surface area contributed by atoms with Gasteiger partial charge in [-0.1, -0.05) is 54.4 Å². The van der Waals surface area contributed by atoms with Crippen molar-refractivity contribution >= 4 is 27.5 Å². The first kappa shape index (κ1) is 13.4. The summed E-state index contributed by atoms with van der Waals surface area (Å²) in [4.78, 5) is 0. The third-order valence-electron chi connectivity index (χ3n) is 4.06. The molecule has 1 aromatic rings. The van der Waals surface area contributed by atoms with Gasteiger partial charge in [0, 0.05) is 15.5 Å². The van der Waals surface area contributed by atoms with Gasteiger partial charge in [0.15, 0.2) is 0 Å². The molecule has 2 rings (SSSR count). The van der Waals surface area contributed by atoms with Crippen LogP contribution in [0, 0.1) is 5.41 Å². The van der Waals surface area contributed by atoms with Crippen molar-refractivity contribution in [1.82, 2.24) is 5.32 Å². The molecular weight excluding hydrogens is 298 g/mol. The van der Waals surface area contributed by atoms with Crippen molar-refractivity contribution in [2.24, 2.45) is 5.41 Å². The highest BCUT2D eigenvalue weighted by molar-refractivity contribution is 9.10. The zero-order valence-electron chi connectivity index (χ0n) is 10.6. The van der Waals surface area contributed by atoms with E-state index < -0.39 is 0 Å². The second kappa shape index (κ2) is 4.91. The molecule has 0 spiro atoms. The lowest BCUT2D eigenvalue weighted by Gasteiger charge is -2.53. The van der Waals surface area contributed by atoms with Gasteiger partial charge in [0.2, 0.25) is 0 Å². The normalized spacial score (nSPS) is 26.6. The summed E-state index contributed by atoms with van der Waals surface area (Å²) in [7, 11) is 0. The fourth-order valence-electron chi connectivity index (χ4n) is 2.83. The molecule has 2 atom stereocenters. The van der Waals surface area contributed by atoms with E-state index in [2.05, 4.69) is 54.2 Å². The number of hydrogen-bond acceptors (Lipinski definition) is 1. The number of hydrogen-bond donors (Lipinski definition) is 1. The molecule has 1 nitrogen and oxygen atoms in total. The molecular formula is C14H19BrClN. The Kier molecular flexibility index (Phi) is 3.86. The lowest BCUT2D eigenvalue weighted by Crippen LogP contribution is -2.55. The van der Waals surface area contributed by atoms with Crippen molar-refractivity contribution in [2.45, 2.75) is 39.2 Å². The van der Waals surface area contributed by atoms with Crippen LogP contribution < -0.4 is 5.32 Å². The first-order valence-corrected chi connectivity index (χ1v) is 7.32. The van der Waals surface area contributed by atoms with Gasteiger partial charge in [-0.2, -0.15) is 0 Å². The lowest BCUT2D eigenvalue weighted by atomic mass is 9.56. The van der Waals surface area contributed by atoms with Crippen molar-refractivity contribution in [3.63, 3.8) is 0 Å². The molecule has 0 bridgehead atoms. The quantitative estimate of drug-likeness (QED) is 0.859. The lowest BCUT2D eigenvalue weighted by molar-refractivity contribution is 0.0707. The molecule has 2 unspecified atom stereocenters. The van der Waals surface area contributed by atoms with Crippen molar-refractivity contribution in [1.29, 1.82) is 0 Å². The Morgan fingerprint density at radius 2 is 2.18 bits per heavy atom. The van der Waals surface area contributed by atoms with Gasteiger partial charge in [-0.05, 0) is 42.0 Å². The highest BCUT2D eigenvalue weighted by atomic mass is 79.9. The van der Waals surface area contributed by atoms with Crippen molar-refractivity contribution in [3.8, 4) is 0 Å². The molecule has 1 aromatic carbocycles. The Morgan fingerprint density at radius 3 is 2.71 bits per heavy atom. The average Bonchev–Trinajstić information content (AvgIpc) is 2.25. The minimum Gasteiger partial charge on any atom is -0.314 e. The number of halogens is 2. The Morgan fingerprint density at radius 1 is 1.47 bits per heavy atom. The molecule has 0 amide bonds. The fraction of sp³-hybridized carbons (Fsp3) is 0.571. The van der Waals surface area contributed by atoms with Crippen molar-refractivity contribution in [2.75, 3.05) is 6.54 Å². The van der Waals surface area contributed by atoms with Crippen LogP contribution in [-0.4, -0.2) is 12.6 Å². The minimum atomic E-state index is 0.285. The Balaban J connectivity index is 2.20. The summed E-state index contributed by atoms with van der Waals surface area (Å²) < 4.78 is 1.05. The van der Waals surface area contributed by atoms with Crippen molar-refractivity contribution < 1.29 is 0 Å². The molecule has 0 aromatic heterocycles. The van der Waals surface area contributed by atoms with E-state index in [-0.39, 0.29) is 5.41 Å². The molecule has 0 radical (unpaired) electrons. The van der Waals surface area contributed by atoms with Gasteiger partial charge in [-0.25, -0.2) is 0 Å². The van der Waals surface area contributed by atoms with Crippen LogP contribution in [0.25, 0.3) is 0 Å². The first-order chi connectivity index (χ1) is 7.96. The summed E-state index contributed by atoms with van der Waals surface area (Å²) in [6.07, 6.45) is 1.18. The molecule has 0 heterocycles. The van der Waals surface area contributed by atoms with E-state index in [9.17, 15) is 0 Å². The second-order valence-corrected chi connectivity index (χ2v) is 6.71. The molecule has 3 heteroatoms. The summed E-state index contributed by atoms with van der Waals surface area (Å²) in [5.74, 6) is 0.562. The van der Waals surface area contributed by atoms with E-state index in [0.29, 0.717) is 12.0 Å². The summed E-state index contributed by atoms with van der Waals surface area (Å²) in [5.41, 5.74) is 1.57. The maximum Gasteiger partial charge on any atom is 0.0452 e. The van der Waals surface area contributed by atoms with E-state index in [1.165, 1.54) is 12.0 Å². The molecule has 1 aliphatic carbocycles. The second-order valence-electron chi connectivity index (χ2n) is 5.39. The van der Waals surface area contributed by atoms with E-state index in [1.54, 1.807) is 0 Å². The van der Waals surface area contributed by atoms with E-state index in [4.69, 9.17) is 11.6 Å². The number of rotatable bonds is 3. The van der Waals surface area contributed by atoms with Gasteiger partial charge < -0.3 is 5.32 Å². The monoisotopic (exact) mass is 315 g/mol. The smallest absolute Gasteiger partial charge is 0.0452 e. The predicted octanol–water partition coefficient (Wildman–Crippen LogP) is 4.59. The van der Waals surface area contributed by atoms with E-state index in [0.717, 1.165) is 16.0 Å². The minimum absolute atomic E-state index is 0.285. The van der Waals surface area contributed by atoms with Gasteiger partial charge in [0.1, 0.15) is 0 Å². The molecule has 1 fully saturated rings. The Labute approximate surface area is 117 Å². The van der Waals surface area contributed by atoms with Crippen LogP contribution in [0.3, 0.4) is 0 Å². The standard InChI is InChI=1S/C14H19BrClN/c1-4-17-13-8-11(14(13,2)3)10-6-5-9(15)7-12(10)16/h5-7,11,13,17H,4,8H2,1-3H3. The molecule has 0 saturated heterocycles. The molecule has 1 N–H and O–H groups in total. The Bertz CT molecular complexity index is 417. The average molecular weight is 317 g/mol. The van der Waals surface area contributed by atoms with E-state index in [1.807, 2.05) is 6.07 Å². The first-order valence-electron chi connectivity index (χ1n) is 6.15. The van der Waals surface area contributed by atoms with Crippen LogP contribution in [0.5, 0.6) is 0 Å². The third kappa shape index (κ3) is 2.40. The maximum atomic E-state index is 6.34. The van der Waals surface area contributed by atoms with Gasteiger partial charge in [-0.15, -0.1) is 0 Å². The summed E-state index contributed by atoms with van der Waals surface area (Å²) in [6, 6.07) is 6.84. The third-order valence-corrected chi connectivity index (χ3v) is 4.88. The zero-order valence-corrected chi connectivity index (χ0v) is 12.9. The van der Waals surface area contributed by atoms with Crippen LogP contribution in [0.15, 0.2) is 22.7 Å². The van der Waals surface area contributed by atoms with Crippen LogP contribution in [0.2, 0.25) is 5.02 Å². The van der Waals surface area contributed by atoms with Crippen LogP contribution in [-0.2, 0) is 0 Å². The molecule has 1 aliphatic rings. The van der Waals surface area contributed by atoms with Crippen LogP contribution in [0.1, 0.15) is 38.7 Å². The molecule has 0 aliphatic heterocycles. The fourth-order valence-corrected chi connectivity index (χ4v) is 3.64. The Hall–Kier alpha value is -0.0500. The largest absolute Gasteiger partial charge is 0.314 e. The van der Waals surface area contributed by atoms with Crippen LogP contribution >= 0.6 is 27.5 Å². The van der Waals surface area contributed by atoms with Crippen molar-refractivity contribution in [3.05, 3.63) is 33.3 Å². The maximum absolute atomic E-state index is 6.34. The van der Waals surface area contributed by atoms with Gasteiger partial charge in [-0.3, -0.25) is 0 Å². The van der Waals surface area contributed by atoms with Gasteiger partial charge in [0.05, 0.1) is 0 Å². The number of nitrogens with one attached hydrogen (secondary N) is 1. The zero-order chi connectivity index (χ0) is 12.6. The molecule has 94 valence electrons. The highest BCUT2D eigenvalue weighted by Crippen LogP contribution is 2.53.